The van der Waals surface area contributed by atoms with Crippen LogP contribution in [-0.4, -0.2) is 45.9 Å². The van der Waals surface area contributed by atoms with Crippen LogP contribution in [0.25, 0.3) is 22.2 Å². The Morgan fingerprint density at radius 1 is 1.18 bits per heavy atom. The molecule has 4 aromatic rings. The smallest absolute Gasteiger partial charge is 0.210 e. The number of oxazole rings is 1. The number of fused-ring (bicyclic) bond motifs is 1. The number of aryl methyl sites for hydroxylation is 1. The van der Waals surface area contributed by atoms with Crippen molar-refractivity contribution in [2.24, 2.45) is 4.99 Å². The third-order valence-corrected chi connectivity index (χ3v) is 5.72. The quantitative estimate of drug-likeness (QED) is 0.296. The van der Waals surface area contributed by atoms with Crippen LogP contribution in [0.4, 0.5) is 11.4 Å². The normalized spacial score (nSPS) is 13.6. The van der Waals surface area contributed by atoms with E-state index in [9.17, 15) is 0 Å². The molecule has 2 aromatic heterocycles. The highest BCUT2D eigenvalue weighted by molar-refractivity contribution is 6.11. The molecule has 5 rings (SSSR count). The average molecular weight is 458 g/mol. The molecular formula is C25H27N7O2. The van der Waals surface area contributed by atoms with E-state index in [4.69, 9.17) is 14.5 Å². The largest absolute Gasteiger partial charge is 0.443 e. The molecule has 0 radical (unpaired) electrons. The van der Waals surface area contributed by atoms with Crippen molar-refractivity contribution < 1.29 is 9.52 Å². The fourth-order valence-corrected chi connectivity index (χ4v) is 3.99. The number of aliphatic hydroxyl groups is 1. The van der Waals surface area contributed by atoms with Gasteiger partial charge in [-0.25, -0.2) is 4.98 Å². The Hall–Kier alpha value is -4.11. The summed E-state index contributed by atoms with van der Waals surface area (Å²) in [5.41, 5.74) is 4.65. The van der Waals surface area contributed by atoms with Crippen LogP contribution in [0.1, 0.15) is 18.5 Å². The molecule has 9 heteroatoms. The minimum absolute atomic E-state index is 0.195. The zero-order valence-electron chi connectivity index (χ0n) is 19.0. The lowest BCUT2D eigenvalue weighted by Crippen LogP contribution is -2.40. The topological polar surface area (TPSA) is 115 Å². The van der Waals surface area contributed by atoms with Crippen molar-refractivity contribution in [3.05, 3.63) is 72.6 Å². The second kappa shape index (κ2) is 9.80. The van der Waals surface area contributed by atoms with E-state index in [-0.39, 0.29) is 6.61 Å². The van der Waals surface area contributed by atoms with Gasteiger partial charge in [-0.15, -0.1) is 0 Å². The Bertz CT molecular complexity index is 1340. The fraction of sp³-hybridized carbons (Fsp3) is 0.240. The lowest BCUT2D eigenvalue weighted by atomic mass is 10.1. The summed E-state index contributed by atoms with van der Waals surface area (Å²) >= 11 is 0. The van der Waals surface area contributed by atoms with E-state index >= 15 is 0 Å². The number of hydrogen-bond donors (Lipinski definition) is 4. The number of aromatic nitrogens is 3. The number of H-pyrrole nitrogens is 1. The molecule has 0 saturated heterocycles. The van der Waals surface area contributed by atoms with Crippen molar-refractivity contribution in [2.75, 3.05) is 29.9 Å². The number of anilines is 2. The Labute approximate surface area is 197 Å². The van der Waals surface area contributed by atoms with Crippen molar-refractivity contribution in [3.8, 4) is 11.3 Å². The second-order valence-electron chi connectivity index (χ2n) is 8.07. The summed E-state index contributed by atoms with van der Waals surface area (Å²) in [5.74, 6) is 2.26. The van der Waals surface area contributed by atoms with Gasteiger partial charge in [0.15, 0.2) is 12.2 Å². The van der Waals surface area contributed by atoms with E-state index in [0.717, 1.165) is 64.5 Å². The van der Waals surface area contributed by atoms with E-state index in [0.29, 0.717) is 12.5 Å². The van der Waals surface area contributed by atoms with Crippen molar-refractivity contribution >= 4 is 28.2 Å². The Morgan fingerprint density at radius 2 is 2.09 bits per heavy atom. The number of aliphatic imine (C=N–C) groups is 1. The van der Waals surface area contributed by atoms with Crippen LogP contribution in [0.2, 0.25) is 0 Å². The molecule has 174 valence electrons. The maximum atomic E-state index is 9.04. The van der Waals surface area contributed by atoms with Crippen molar-refractivity contribution in [1.82, 2.24) is 20.5 Å². The number of guanidine groups is 1. The summed E-state index contributed by atoms with van der Waals surface area (Å²) < 4.78 is 5.58. The molecule has 0 fully saturated rings. The van der Waals surface area contributed by atoms with Crippen LogP contribution in [0.5, 0.6) is 0 Å². The Kier molecular flexibility index (Phi) is 6.26. The number of aliphatic hydroxyl groups excluding tert-OH is 1. The number of aromatic amines is 1. The third kappa shape index (κ3) is 4.51. The molecular weight excluding hydrogens is 430 g/mol. The minimum atomic E-state index is 0.195. The summed E-state index contributed by atoms with van der Waals surface area (Å²) in [4.78, 5) is 11.2. The van der Waals surface area contributed by atoms with Gasteiger partial charge < -0.3 is 25.1 Å². The summed E-state index contributed by atoms with van der Waals surface area (Å²) in [7, 11) is 0. The van der Waals surface area contributed by atoms with Gasteiger partial charge in [-0.3, -0.25) is 5.10 Å². The molecule has 0 unspecified atom stereocenters. The Morgan fingerprint density at radius 3 is 2.94 bits per heavy atom. The maximum absolute atomic E-state index is 9.04. The highest BCUT2D eigenvalue weighted by Gasteiger charge is 2.21. The number of rotatable bonds is 8. The molecule has 0 amide bonds. The van der Waals surface area contributed by atoms with Crippen LogP contribution < -0.4 is 15.5 Å². The maximum Gasteiger partial charge on any atom is 0.210 e. The number of nitrogens with one attached hydrogen (secondary N) is 3. The summed E-state index contributed by atoms with van der Waals surface area (Å²) in [6, 6.07) is 14.1. The van der Waals surface area contributed by atoms with Gasteiger partial charge in [-0.2, -0.15) is 10.1 Å². The van der Waals surface area contributed by atoms with Gasteiger partial charge in [0.05, 0.1) is 23.1 Å². The van der Waals surface area contributed by atoms with Crippen molar-refractivity contribution in [1.29, 1.82) is 0 Å². The standard InChI is InChI=1S/C25H27N7O2/c1-17-24(34-16-27-17)18-6-4-7-19(14-18)29-25-30-23(26-11-2-3-13-33)10-12-32(25)22-9-5-8-21-20(22)15-28-31-21/h4-10,14-16,26,33H,2-3,11-13H2,1H3,(H,28,31)(H,29,30). The fourth-order valence-electron chi connectivity index (χ4n) is 3.99. The second-order valence-corrected chi connectivity index (χ2v) is 8.07. The molecule has 0 bridgehead atoms. The van der Waals surface area contributed by atoms with Gasteiger partial charge in [0.1, 0.15) is 5.82 Å². The first-order valence-electron chi connectivity index (χ1n) is 11.3. The van der Waals surface area contributed by atoms with E-state index in [1.54, 1.807) is 0 Å². The number of unbranched alkanes of at least 4 members (excludes halogenated alkanes) is 1. The average Bonchev–Trinajstić information content (AvgIpc) is 3.51. The van der Waals surface area contributed by atoms with Gasteiger partial charge >= 0.3 is 0 Å². The van der Waals surface area contributed by atoms with Crippen LogP contribution in [0.15, 0.2) is 76.4 Å². The molecule has 0 saturated carbocycles. The van der Waals surface area contributed by atoms with E-state index < -0.39 is 0 Å². The highest BCUT2D eigenvalue weighted by Crippen LogP contribution is 2.29. The van der Waals surface area contributed by atoms with Gasteiger partial charge in [0.2, 0.25) is 5.96 Å². The predicted molar refractivity (Wildman–Crippen MR) is 134 cm³/mol. The summed E-state index contributed by atoms with van der Waals surface area (Å²) in [6.45, 7) is 3.51. The molecule has 3 heterocycles. The molecule has 1 aliphatic rings. The molecule has 0 spiro atoms. The molecule has 0 atom stereocenters. The van der Waals surface area contributed by atoms with Gasteiger partial charge in [-0.05, 0) is 50.1 Å². The van der Waals surface area contributed by atoms with Crippen LogP contribution in [-0.2, 0) is 0 Å². The molecule has 0 aliphatic carbocycles. The molecule has 4 N–H and O–H groups in total. The zero-order valence-corrected chi connectivity index (χ0v) is 19.0. The van der Waals surface area contributed by atoms with Crippen molar-refractivity contribution in [3.63, 3.8) is 0 Å². The third-order valence-electron chi connectivity index (χ3n) is 5.72. The molecule has 34 heavy (non-hydrogen) atoms. The van der Waals surface area contributed by atoms with Crippen molar-refractivity contribution in [2.45, 2.75) is 19.8 Å². The number of hydrogen-bond acceptors (Lipinski definition) is 8. The van der Waals surface area contributed by atoms with Crippen LogP contribution in [0.3, 0.4) is 0 Å². The monoisotopic (exact) mass is 457 g/mol. The number of nitrogens with zero attached hydrogens (tertiary/aromatic N) is 4. The van der Waals surface area contributed by atoms with Crippen LogP contribution >= 0.6 is 0 Å². The first kappa shape index (κ1) is 21.7. The minimum Gasteiger partial charge on any atom is -0.443 e. The van der Waals surface area contributed by atoms with Gasteiger partial charge in [0, 0.05) is 36.3 Å². The number of benzene rings is 2. The SMILES string of the molecule is Cc1ncoc1-c1cccc(NC2=NC(NCCCCO)=CCN2c2cccc3[nH]ncc23)c1. The van der Waals surface area contributed by atoms with Gasteiger partial charge in [-0.1, -0.05) is 18.2 Å². The van der Waals surface area contributed by atoms with E-state index in [2.05, 4.69) is 42.9 Å². The highest BCUT2D eigenvalue weighted by atomic mass is 16.3. The summed E-state index contributed by atoms with van der Waals surface area (Å²) in [6.07, 6.45) is 7.00. The molecule has 9 nitrogen and oxygen atoms in total. The summed E-state index contributed by atoms with van der Waals surface area (Å²) in [5, 5.41) is 24.2. The first-order chi connectivity index (χ1) is 16.7. The molecule has 2 aromatic carbocycles. The van der Waals surface area contributed by atoms with E-state index in [1.165, 1.54) is 6.39 Å². The predicted octanol–water partition coefficient (Wildman–Crippen LogP) is 4.02. The zero-order chi connectivity index (χ0) is 23.3. The van der Waals surface area contributed by atoms with E-state index in [1.807, 2.05) is 49.5 Å². The lowest BCUT2D eigenvalue weighted by molar-refractivity contribution is 0.284. The molecule has 1 aliphatic heterocycles. The van der Waals surface area contributed by atoms with Crippen LogP contribution in [0, 0.1) is 6.92 Å². The Balaban J connectivity index is 1.46. The first-order valence-corrected chi connectivity index (χ1v) is 11.3. The lowest BCUT2D eigenvalue weighted by Gasteiger charge is -2.30. The van der Waals surface area contributed by atoms with Gasteiger partial charge in [0.25, 0.3) is 0 Å².